The number of phosphoric acid groups is 2. The Morgan fingerprint density at radius 1 is 0.533 bits per heavy atom. The molecule has 0 aromatic carbocycles. The number of carbonyl (C=O) groups excluding carboxylic acids is 3. The maximum Gasteiger partial charge on any atom is 0.472 e. The first kappa shape index (κ1) is 57.2. The lowest BCUT2D eigenvalue weighted by atomic mass is 10.1. The highest BCUT2D eigenvalue weighted by atomic mass is 31.2. The average Bonchev–Trinajstić information content (AvgIpc) is 3.20. The molecule has 0 aliphatic carbocycles. The van der Waals surface area contributed by atoms with Crippen LogP contribution in [0.2, 0.25) is 0 Å². The summed E-state index contributed by atoms with van der Waals surface area (Å²) < 4.78 is 47.6. The van der Waals surface area contributed by atoms with Crippen LogP contribution in [0.25, 0.3) is 0 Å². The number of rotatable bonds is 40. The fourth-order valence-corrected chi connectivity index (χ4v) is 6.36. The second-order valence-electron chi connectivity index (χ2n) is 14.3. The molecule has 344 valence electrons. The van der Waals surface area contributed by atoms with Gasteiger partial charge in [0.05, 0.1) is 19.8 Å². The average molecular weight is 889 g/mol. The predicted octanol–water partition coefficient (Wildman–Crippen LogP) is 10.2. The largest absolute Gasteiger partial charge is 0.472 e. The molecule has 60 heavy (non-hydrogen) atoms. The van der Waals surface area contributed by atoms with Crippen molar-refractivity contribution in [1.29, 1.82) is 0 Å². The summed E-state index contributed by atoms with van der Waals surface area (Å²) in [5, 5.41) is 9.74. The van der Waals surface area contributed by atoms with Crippen molar-refractivity contribution in [1.82, 2.24) is 0 Å². The zero-order chi connectivity index (χ0) is 44.6. The van der Waals surface area contributed by atoms with Crippen LogP contribution in [0.4, 0.5) is 0 Å². The van der Waals surface area contributed by atoms with Crippen molar-refractivity contribution < 1.29 is 66.3 Å². The topological polar surface area (TPSA) is 212 Å². The van der Waals surface area contributed by atoms with Crippen LogP contribution in [0.3, 0.4) is 0 Å². The van der Waals surface area contributed by atoms with Gasteiger partial charge in [0.25, 0.3) is 0 Å². The van der Waals surface area contributed by atoms with Crippen LogP contribution in [0.5, 0.6) is 0 Å². The minimum Gasteiger partial charge on any atom is -0.462 e. The number of aliphatic hydroxyl groups excluding tert-OH is 1. The van der Waals surface area contributed by atoms with Crippen molar-refractivity contribution in [2.45, 2.75) is 161 Å². The maximum absolute atomic E-state index is 12.6. The summed E-state index contributed by atoms with van der Waals surface area (Å²) in [6.07, 6.45) is 38.7. The molecule has 0 aromatic heterocycles. The Bertz CT molecular complexity index is 1400. The molecule has 0 saturated carbocycles. The fraction of sp³-hybridized carbons (Fsp3) is 0.659. The summed E-state index contributed by atoms with van der Waals surface area (Å²) in [7, 11) is -9.74. The van der Waals surface area contributed by atoms with Gasteiger partial charge in [-0.15, -0.1) is 0 Å². The molecule has 0 bridgehead atoms. The van der Waals surface area contributed by atoms with E-state index < -0.39 is 66.2 Å². The lowest BCUT2D eigenvalue weighted by molar-refractivity contribution is -0.161. The van der Waals surface area contributed by atoms with Crippen molar-refractivity contribution in [3.8, 4) is 0 Å². The van der Waals surface area contributed by atoms with E-state index in [2.05, 4.69) is 65.4 Å². The molecule has 0 amide bonds. The number of allylic oxidation sites excluding steroid dienone is 12. The molecule has 14 nitrogen and oxygen atoms in total. The van der Waals surface area contributed by atoms with E-state index in [0.29, 0.717) is 25.7 Å². The van der Waals surface area contributed by atoms with Gasteiger partial charge in [-0.25, -0.2) is 9.13 Å². The molecule has 0 aromatic rings. The molecule has 0 spiro atoms. The number of esters is 2. The highest BCUT2D eigenvalue weighted by Crippen LogP contribution is 2.43. The Balaban J connectivity index is 4.72. The Morgan fingerprint density at radius 2 is 1.03 bits per heavy atom. The number of unbranched alkanes of at least 4 members (excludes halogenated alkanes) is 11. The summed E-state index contributed by atoms with van der Waals surface area (Å²) in [5.41, 5.74) is 0. The molecule has 16 heteroatoms. The normalized spacial score (nSPS) is 14.6. The van der Waals surface area contributed by atoms with Gasteiger partial charge in [-0.3, -0.25) is 28.0 Å². The van der Waals surface area contributed by atoms with Crippen LogP contribution in [-0.4, -0.2) is 76.1 Å². The van der Waals surface area contributed by atoms with E-state index >= 15 is 0 Å². The molecule has 0 heterocycles. The molecule has 1 unspecified atom stereocenters. The first-order valence-electron chi connectivity index (χ1n) is 21.6. The Morgan fingerprint density at radius 3 is 1.63 bits per heavy atom. The number of ketones is 1. The zero-order valence-electron chi connectivity index (χ0n) is 36.0. The fourth-order valence-electron chi connectivity index (χ4n) is 5.20. The number of carbonyl (C=O) groups is 3. The van der Waals surface area contributed by atoms with Gasteiger partial charge in [-0.1, -0.05) is 126 Å². The quantitative estimate of drug-likeness (QED) is 0.0113. The van der Waals surface area contributed by atoms with Crippen molar-refractivity contribution >= 4 is 33.4 Å². The summed E-state index contributed by atoms with van der Waals surface area (Å²) in [6, 6.07) is 0. The summed E-state index contributed by atoms with van der Waals surface area (Å²) >= 11 is 0. The number of hydrogen-bond donors (Lipinski definition) is 4. The molecule has 4 N–H and O–H groups in total. The molecule has 0 fully saturated rings. The molecular weight excluding hydrogens is 814 g/mol. The van der Waals surface area contributed by atoms with E-state index in [1.807, 2.05) is 18.2 Å². The number of ether oxygens (including phenoxy) is 2. The van der Waals surface area contributed by atoms with E-state index in [0.717, 1.165) is 64.2 Å². The molecule has 0 aliphatic heterocycles. The van der Waals surface area contributed by atoms with E-state index in [1.54, 1.807) is 12.2 Å². The van der Waals surface area contributed by atoms with Gasteiger partial charge in [0.15, 0.2) is 11.9 Å². The lowest BCUT2D eigenvalue weighted by Crippen LogP contribution is -2.29. The number of hydrogen-bond acceptors (Lipinski definition) is 11. The van der Waals surface area contributed by atoms with Crippen molar-refractivity contribution in [3.05, 3.63) is 72.9 Å². The van der Waals surface area contributed by atoms with Crippen molar-refractivity contribution in [2.75, 3.05) is 26.4 Å². The van der Waals surface area contributed by atoms with Crippen LogP contribution < -0.4 is 0 Å². The van der Waals surface area contributed by atoms with E-state index in [1.165, 1.54) is 32.1 Å². The van der Waals surface area contributed by atoms with Crippen LogP contribution in [0.15, 0.2) is 72.9 Å². The van der Waals surface area contributed by atoms with Crippen molar-refractivity contribution in [3.63, 3.8) is 0 Å². The molecule has 0 saturated heterocycles. The van der Waals surface area contributed by atoms with Crippen LogP contribution in [0.1, 0.15) is 149 Å². The summed E-state index contributed by atoms with van der Waals surface area (Å²) in [6.45, 7) is 1.47. The lowest BCUT2D eigenvalue weighted by Gasteiger charge is -2.20. The highest BCUT2D eigenvalue weighted by Gasteiger charge is 2.28. The predicted molar refractivity (Wildman–Crippen MR) is 235 cm³/mol. The van der Waals surface area contributed by atoms with Gasteiger partial charge < -0.3 is 29.3 Å². The van der Waals surface area contributed by atoms with E-state index in [4.69, 9.17) is 23.8 Å². The molecular formula is C44H74O14P2. The van der Waals surface area contributed by atoms with Crippen LogP contribution in [-0.2, 0) is 46.6 Å². The molecule has 0 rings (SSSR count). The Hall–Kier alpha value is -2.77. The first-order chi connectivity index (χ1) is 28.8. The Labute approximate surface area is 359 Å². The third-order valence-electron chi connectivity index (χ3n) is 8.53. The SMILES string of the molecule is CCCCC/C=C\C=C\C(=O)CCCCCCCC(=O)OC[C@H](COP(=O)(O)OC[C@@H](O)COP(=O)(O)O)OC(=O)CCC/C=C\C/C=C\C/C=C\C/C=C\CCCCC. The van der Waals surface area contributed by atoms with Crippen LogP contribution in [0, 0.1) is 0 Å². The van der Waals surface area contributed by atoms with Crippen molar-refractivity contribution in [2.24, 2.45) is 0 Å². The molecule has 0 radical (unpaired) electrons. The smallest absolute Gasteiger partial charge is 0.462 e. The van der Waals surface area contributed by atoms with Gasteiger partial charge in [0.2, 0.25) is 0 Å². The zero-order valence-corrected chi connectivity index (χ0v) is 37.8. The summed E-state index contributed by atoms with van der Waals surface area (Å²) in [5.74, 6) is -1.12. The molecule has 0 aliphatic rings. The third kappa shape index (κ3) is 41.9. The van der Waals surface area contributed by atoms with E-state index in [-0.39, 0.29) is 18.6 Å². The standard InChI is InChI=1S/C44H74O14P2/c1-3-5-7-9-11-12-13-14-15-16-17-18-19-20-22-26-31-35-44(48)58-42(39-57-60(52,53)56-37-41(46)36-55-59(49,50)51)38-54-43(47)34-30-27-23-25-29-33-40(45)32-28-24-21-10-8-6-4-2/h11-12,14-15,17-18,20-22,24,28,32,41-42,46H,3-10,13,16,19,23,25-27,29-31,33-39H2,1-2H3,(H,52,53)(H2,49,50,51)/b12-11-,15-14-,18-17-,22-20-,24-21-,32-28+/t41-,42+/m0/s1. The minimum absolute atomic E-state index is 0.0274. The second-order valence-corrected chi connectivity index (χ2v) is 17.0. The molecule has 3 atom stereocenters. The van der Waals surface area contributed by atoms with Gasteiger partial charge >= 0.3 is 27.6 Å². The summed E-state index contributed by atoms with van der Waals surface area (Å²) in [4.78, 5) is 64.7. The second kappa shape index (κ2) is 39.1. The Kier molecular flexibility index (Phi) is 37.3. The van der Waals surface area contributed by atoms with Gasteiger partial charge in [0, 0.05) is 19.3 Å². The number of aliphatic hydroxyl groups is 1. The number of phosphoric ester groups is 2. The highest BCUT2D eigenvalue weighted by molar-refractivity contribution is 7.47. The van der Waals surface area contributed by atoms with Gasteiger partial charge in [-0.2, -0.15) is 0 Å². The maximum atomic E-state index is 12.6. The van der Waals surface area contributed by atoms with Crippen LogP contribution >= 0.6 is 15.6 Å². The van der Waals surface area contributed by atoms with Gasteiger partial charge in [0.1, 0.15) is 12.7 Å². The minimum atomic E-state index is -4.88. The monoisotopic (exact) mass is 888 g/mol. The van der Waals surface area contributed by atoms with Gasteiger partial charge in [-0.05, 0) is 76.7 Å². The van der Waals surface area contributed by atoms with E-state index in [9.17, 15) is 33.5 Å². The first-order valence-corrected chi connectivity index (χ1v) is 24.6. The third-order valence-corrected chi connectivity index (χ3v) is 9.97.